The van der Waals surface area contributed by atoms with Crippen molar-refractivity contribution in [3.63, 3.8) is 0 Å². The van der Waals surface area contributed by atoms with E-state index in [2.05, 4.69) is 51.2 Å². The molecular formula is C26H41N. The van der Waals surface area contributed by atoms with Crippen molar-refractivity contribution in [2.75, 3.05) is 6.54 Å². The monoisotopic (exact) mass is 367 g/mol. The first kappa shape index (κ1) is 19.5. The number of fused-ring (bicyclic) bond motifs is 3. The first-order valence-corrected chi connectivity index (χ1v) is 11.8. The molecule has 0 spiro atoms. The van der Waals surface area contributed by atoms with Crippen molar-refractivity contribution in [3.8, 4) is 0 Å². The van der Waals surface area contributed by atoms with Gasteiger partial charge in [0.15, 0.2) is 0 Å². The molecule has 3 aliphatic rings. The molecule has 0 bridgehead atoms. The lowest BCUT2D eigenvalue weighted by atomic mass is 9.49. The lowest BCUT2D eigenvalue weighted by Crippen LogP contribution is -2.53. The maximum Gasteiger partial charge on any atom is 0.00672 e. The summed E-state index contributed by atoms with van der Waals surface area (Å²) in [5, 5.41) is 4.03. The molecule has 0 saturated heterocycles. The molecule has 3 aliphatic carbocycles. The summed E-state index contributed by atoms with van der Waals surface area (Å²) >= 11 is 0. The van der Waals surface area contributed by atoms with E-state index in [9.17, 15) is 0 Å². The van der Waals surface area contributed by atoms with Gasteiger partial charge >= 0.3 is 0 Å². The molecule has 3 atom stereocenters. The molecular weight excluding hydrogens is 326 g/mol. The van der Waals surface area contributed by atoms with Crippen LogP contribution < -0.4 is 5.32 Å². The van der Waals surface area contributed by atoms with E-state index in [-0.39, 0.29) is 0 Å². The molecule has 0 aromatic heterocycles. The second kappa shape index (κ2) is 7.54. The van der Waals surface area contributed by atoms with Crippen LogP contribution in [-0.2, 0) is 11.8 Å². The Morgan fingerprint density at radius 3 is 2.52 bits per heavy atom. The van der Waals surface area contributed by atoms with Crippen molar-refractivity contribution >= 4 is 0 Å². The van der Waals surface area contributed by atoms with Crippen LogP contribution in [0.15, 0.2) is 18.2 Å². The van der Waals surface area contributed by atoms with Gasteiger partial charge in [-0.1, -0.05) is 71.6 Å². The molecule has 1 nitrogen and oxygen atoms in total. The van der Waals surface area contributed by atoms with Gasteiger partial charge in [-0.05, 0) is 77.9 Å². The third kappa shape index (κ3) is 3.61. The van der Waals surface area contributed by atoms with Crippen LogP contribution in [-0.4, -0.2) is 12.6 Å². The highest BCUT2D eigenvalue weighted by molar-refractivity contribution is 5.42. The van der Waals surface area contributed by atoms with Crippen molar-refractivity contribution in [1.29, 1.82) is 0 Å². The zero-order chi connectivity index (χ0) is 19.1. The highest BCUT2D eigenvalue weighted by Gasteiger charge is 2.51. The van der Waals surface area contributed by atoms with Crippen LogP contribution in [0.3, 0.4) is 0 Å². The zero-order valence-corrected chi connectivity index (χ0v) is 18.2. The fourth-order valence-electron chi connectivity index (χ4n) is 6.90. The zero-order valence-electron chi connectivity index (χ0n) is 18.2. The Hall–Kier alpha value is -0.820. The lowest BCUT2D eigenvalue weighted by Gasteiger charge is -2.56. The van der Waals surface area contributed by atoms with E-state index in [1.54, 1.807) is 11.1 Å². The van der Waals surface area contributed by atoms with Gasteiger partial charge in [-0.15, -0.1) is 0 Å². The average molecular weight is 368 g/mol. The molecule has 0 amide bonds. The molecule has 1 aromatic carbocycles. The molecule has 2 fully saturated rings. The minimum Gasteiger partial charge on any atom is -0.313 e. The Kier molecular flexibility index (Phi) is 5.45. The van der Waals surface area contributed by atoms with Crippen molar-refractivity contribution in [1.82, 2.24) is 5.32 Å². The topological polar surface area (TPSA) is 12.0 Å². The van der Waals surface area contributed by atoms with Crippen LogP contribution in [0.1, 0.15) is 108 Å². The van der Waals surface area contributed by atoms with E-state index in [1.165, 1.54) is 76.3 Å². The fraction of sp³-hybridized carbons (Fsp3) is 0.769. The van der Waals surface area contributed by atoms with Crippen molar-refractivity contribution in [2.24, 2.45) is 11.3 Å². The maximum atomic E-state index is 4.03. The van der Waals surface area contributed by atoms with Crippen LogP contribution in [0.25, 0.3) is 0 Å². The van der Waals surface area contributed by atoms with E-state index in [0.29, 0.717) is 16.7 Å². The van der Waals surface area contributed by atoms with Gasteiger partial charge in [-0.3, -0.25) is 0 Å². The molecule has 0 heterocycles. The highest BCUT2D eigenvalue weighted by Crippen LogP contribution is 2.57. The summed E-state index contributed by atoms with van der Waals surface area (Å²) in [6.45, 7) is 11.1. The van der Waals surface area contributed by atoms with Gasteiger partial charge in [-0.25, -0.2) is 0 Å². The second-order valence-electron chi connectivity index (χ2n) is 10.8. The van der Waals surface area contributed by atoms with E-state index in [0.717, 1.165) is 12.0 Å². The number of aryl methyl sites for hydroxylation is 1. The van der Waals surface area contributed by atoms with Gasteiger partial charge in [0.2, 0.25) is 0 Å². The minimum absolute atomic E-state index is 0.379. The van der Waals surface area contributed by atoms with E-state index in [1.807, 2.05) is 0 Å². The van der Waals surface area contributed by atoms with Gasteiger partial charge in [0, 0.05) is 12.6 Å². The number of nitrogens with one attached hydrogen (secondary N) is 1. The number of hydrogen-bond donors (Lipinski definition) is 1. The summed E-state index contributed by atoms with van der Waals surface area (Å²) in [6.07, 6.45) is 14.0. The predicted octanol–water partition coefficient (Wildman–Crippen LogP) is 6.74. The van der Waals surface area contributed by atoms with Gasteiger partial charge in [0.25, 0.3) is 0 Å². The average Bonchev–Trinajstić information content (AvgIpc) is 2.67. The van der Waals surface area contributed by atoms with Gasteiger partial charge < -0.3 is 5.32 Å². The van der Waals surface area contributed by atoms with Crippen molar-refractivity contribution < 1.29 is 0 Å². The minimum atomic E-state index is 0.379. The summed E-state index contributed by atoms with van der Waals surface area (Å²) in [5.74, 6) is 1.46. The van der Waals surface area contributed by atoms with Crippen LogP contribution in [0.2, 0.25) is 0 Å². The largest absolute Gasteiger partial charge is 0.313 e. The Morgan fingerprint density at radius 1 is 1.00 bits per heavy atom. The molecule has 1 N–H and O–H groups in total. The molecule has 2 saturated carbocycles. The van der Waals surface area contributed by atoms with Crippen LogP contribution in [0.4, 0.5) is 0 Å². The first-order valence-electron chi connectivity index (χ1n) is 11.8. The SMILES string of the molecule is CC(C)c1ccc2c(c1)CC[C@H]1[C@](C)(CNC3CCCCC3)CCC[C@]21C. The predicted molar refractivity (Wildman–Crippen MR) is 117 cm³/mol. The Morgan fingerprint density at radius 2 is 1.78 bits per heavy atom. The van der Waals surface area contributed by atoms with E-state index >= 15 is 0 Å². The Balaban J connectivity index is 1.56. The molecule has 1 aromatic rings. The van der Waals surface area contributed by atoms with E-state index in [4.69, 9.17) is 0 Å². The lowest BCUT2D eigenvalue weighted by molar-refractivity contribution is 0.0229. The number of rotatable bonds is 4. The summed E-state index contributed by atoms with van der Waals surface area (Å²) in [7, 11) is 0. The molecule has 0 unspecified atom stereocenters. The first-order chi connectivity index (χ1) is 12.9. The summed E-state index contributed by atoms with van der Waals surface area (Å²) in [6, 6.07) is 8.25. The molecule has 1 heteroatoms. The fourth-order valence-corrected chi connectivity index (χ4v) is 6.90. The smallest absolute Gasteiger partial charge is 0.00672 e. The summed E-state index contributed by atoms with van der Waals surface area (Å²) in [4.78, 5) is 0. The third-order valence-corrected chi connectivity index (χ3v) is 8.57. The maximum absolute atomic E-state index is 4.03. The highest BCUT2D eigenvalue weighted by atomic mass is 14.9. The van der Waals surface area contributed by atoms with Gasteiger partial charge in [-0.2, -0.15) is 0 Å². The van der Waals surface area contributed by atoms with Crippen LogP contribution in [0.5, 0.6) is 0 Å². The molecule has 0 radical (unpaired) electrons. The van der Waals surface area contributed by atoms with Crippen molar-refractivity contribution in [2.45, 2.75) is 109 Å². The van der Waals surface area contributed by atoms with Crippen molar-refractivity contribution in [3.05, 3.63) is 34.9 Å². The quantitative estimate of drug-likeness (QED) is 0.621. The molecule has 0 aliphatic heterocycles. The molecule has 4 rings (SSSR count). The van der Waals surface area contributed by atoms with Gasteiger partial charge in [0.1, 0.15) is 0 Å². The molecule has 27 heavy (non-hydrogen) atoms. The van der Waals surface area contributed by atoms with Crippen LogP contribution in [0, 0.1) is 11.3 Å². The molecule has 150 valence electrons. The number of hydrogen-bond acceptors (Lipinski definition) is 1. The standard InChI is InChI=1S/C26H41N/c1-19(2)20-11-13-23-21(17-20)12-14-24-25(3,15-8-16-26(23,24)4)18-27-22-9-6-5-7-10-22/h11,13,17,19,22,24,27H,5-10,12,14-16,18H2,1-4H3/t24-,25-,26+/m0/s1. The summed E-state index contributed by atoms with van der Waals surface area (Å²) < 4.78 is 0. The normalized spacial score (nSPS) is 34.3. The Bertz CT molecular complexity index is 656. The third-order valence-electron chi connectivity index (χ3n) is 8.57. The van der Waals surface area contributed by atoms with E-state index < -0.39 is 0 Å². The second-order valence-corrected chi connectivity index (χ2v) is 10.8. The number of benzene rings is 1. The summed E-state index contributed by atoms with van der Waals surface area (Å²) in [5.41, 5.74) is 5.70. The Labute approximate surface area is 167 Å². The van der Waals surface area contributed by atoms with Gasteiger partial charge in [0.05, 0.1) is 0 Å². The van der Waals surface area contributed by atoms with Crippen LogP contribution >= 0.6 is 0 Å².